The van der Waals surface area contributed by atoms with Crippen molar-refractivity contribution in [2.75, 3.05) is 25.5 Å². The van der Waals surface area contributed by atoms with Crippen LogP contribution in [0.25, 0.3) is 0 Å². The van der Waals surface area contributed by atoms with Gasteiger partial charge in [0.15, 0.2) is 0 Å². The molecule has 0 spiro atoms. The van der Waals surface area contributed by atoms with Gasteiger partial charge in [0.2, 0.25) is 5.91 Å². The molecular formula is C18H27N3O3. The molecule has 1 atom stereocenters. The van der Waals surface area contributed by atoms with Crippen LogP contribution in [0.5, 0.6) is 5.75 Å². The van der Waals surface area contributed by atoms with Crippen LogP contribution in [0.2, 0.25) is 0 Å². The fourth-order valence-electron chi connectivity index (χ4n) is 2.75. The van der Waals surface area contributed by atoms with Crippen LogP contribution in [-0.2, 0) is 4.79 Å². The Morgan fingerprint density at radius 2 is 2.00 bits per heavy atom. The van der Waals surface area contributed by atoms with E-state index in [1.807, 2.05) is 0 Å². The third kappa shape index (κ3) is 4.88. The number of urea groups is 1. The Kier molecular flexibility index (Phi) is 6.46. The molecule has 1 aliphatic rings. The van der Waals surface area contributed by atoms with Gasteiger partial charge in [0.05, 0.1) is 7.11 Å². The van der Waals surface area contributed by atoms with Crippen LogP contribution >= 0.6 is 0 Å². The highest BCUT2D eigenvalue weighted by atomic mass is 16.5. The Morgan fingerprint density at radius 1 is 1.29 bits per heavy atom. The molecule has 132 valence electrons. The van der Waals surface area contributed by atoms with Gasteiger partial charge in [-0.2, -0.15) is 0 Å². The minimum Gasteiger partial charge on any atom is -0.497 e. The second kappa shape index (κ2) is 8.57. The molecule has 0 aliphatic carbocycles. The van der Waals surface area contributed by atoms with Gasteiger partial charge in [-0.3, -0.25) is 4.79 Å². The third-order valence-electron chi connectivity index (χ3n) is 4.18. The molecule has 2 N–H and O–H groups in total. The van der Waals surface area contributed by atoms with Gasteiger partial charge in [-0.05, 0) is 49.4 Å². The quantitative estimate of drug-likeness (QED) is 0.841. The van der Waals surface area contributed by atoms with E-state index in [2.05, 4.69) is 24.5 Å². The number of methoxy groups -OCH3 is 1. The van der Waals surface area contributed by atoms with Crippen LogP contribution in [0.1, 0.15) is 33.1 Å². The summed E-state index contributed by atoms with van der Waals surface area (Å²) in [7, 11) is 1.60. The first-order chi connectivity index (χ1) is 11.5. The van der Waals surface area contributed by atoms with Crippen LogP contribution in [-0.4, -0.2) is 43.1 Å². The van der Waals surface area contributed by atoms with Gasteiger partial charge in [0.25, 0.3) is 0 Å². The summed E-state index contributed by atoms with van der Waals surface area (Å²) in [5.41, 5.74) is 0.687. The van der Waals surface area contributed by atoms with Crippen LogP contribution < -0.4 is 15.4 Å². The van der Waals surface area contributed by atoms with E-state index in [9.17, 15) is 9.59 Å². The Morgan fingerprint density at radius 3 is 2.62 bits per heavy atom. The largest absolute Gasteiger partial charge is 0.497 e. The maximum absolute atomic E-state index is 12.5. The molecule has 0 unspecified atom stereocenters. The van der Waals surface area contributed by atoms with Crippen molar-refractivity contribution in [3.05, 3.63) is 24.3 Å². The summed E-state index contributed by atoms with van der Waals surface area (Å²) in [5.74, 6) is 1.22. The molecule has 1 saturated heterocycles. The second-order valence-electron chi connectivity index (χ2n) is 6.48. The molecule has 0 radical (unpaired) electrons. The van der Waals surface area contributed by atoms with Gasteiger partial charge < -0.3 is 20.3 Å². The summed E-state index contributed by atoms with van der Waals surface area (Å²) in [6.07, 6.45) is 2.50. The summed E-state index contributed by atoms with van der Waals surface area (Å²) >= 11 is 0. The molecular weight excluding hydrogens is 306 g/mol. The normalized spacial score (nSPS) is 17.0. The number of likely N-dealkylation sites (tertiary alicyclic amines) is 1. The highest BCUT2D eigenvalue weighted by Crippen LogP contribution is 2.20. The molecule has 2 rings (SSSR count). The molecule has 0 bridgehead atoms. The number of anilines is 1. The van der Waals surface area contributed by atoms with Crippen molar-refractivity contribution in [3.8, 4) is 5.75 Å². The highest BCUT2D eigenvalue weighted by Gasteiger charge is 2.33. The van der Waals surface area contributed by atoms with Crippen molar-refractivity contribution < 1.29 is 14.3 Å². The average molecular weight is 333 g/mol. The van der Waals surface area contributed by atoms with Gasteiger partial charge in [0, 0.05) is 18.8 Å². The van der Waals surface area contributed by atoms with E-state index in [1.165, 1.54) is 0 Å². The fraction of sp³-hybridized carbons (Fsp3) is 0.556. The standard InChI is InChI=1S/C18H27N3O3/c1-13(2)10-11-19-17(22)16-5-4-12-21(16)18(23)20-14-6-8-15(24-3)9-7-14/h6-9,13,16H,4-5,10-12H2,1-3H3,(H,19,22)(H,20,23)/t16-/m1/s1. The number of benzene rings is 1. The van der Waals surface area contributed by atoms with Crippen LogP contribution in [0.15, 0.2) is 24.3 Å². The first-order valence-electron chi connectivity index (χ1n) is 8.50. The van der Waals surface area contributed by atoms with Crippen molar-refractivity contribution in [2.45, 2.75) is 39.2 Å². The van der Waals surface area contributed by atoms with Gasteiger partial charge in [-0.15, -0.1) is 0 Å². The predicted octanol–water partition coefficient (Wildman–Crippen LogP) is 2.85. The molecule has 24 heavy (non-hydrogen) atoms. The zero-order valence-electron chi connectivity index (χ0n) is 14.7. The van der Waals surface area contributed by atoms with Gasteiger partial charge in [0.1, 0.15) is 11.8 Å². The van der Waals surface area contributed by atoms with E-state index in [-0.39, 0.29) is 18.0 Å². The second-order valence-corrected chi connectivity index (χ2v) is 6.48. The summed E-state index contributed by atoms with van der Waals surface area (Å²) < 4.78 is 5.10. The molecule has 1 fully saturated rings. The fourth-order valence-corrected chi connectivity index (χ4v) is 2.75. The van der Waals surface area contributed by atoms with Crippen LogP contribution in [0, 0.1) is 5.92 Å². The predicted molar refractivity (Wildman–Crippen MR) is 94.2 cm³/mol. The number of nitrogens with zero attached hydrogens (tertiary/aromatic N) is 1. The first-order valence-corrected chi connectivity index (χ1v) is 8.50. The van der Waals surface area contributed by atoms with Crippen LogP contribution in [0.3, 0.4) is 0 Å². The molecule has 1 aromatic carbocycles. The molecule has 0 saturated carbocycles. The van der Waals surface area contributed by atoms with E-state index in [0.717, 1.165) is 18.6 Å². The van der Waals surface area contributed by atoms with Crippen molar-refractivity contribution >= 4 is 17.6 Å². The number of hydrogen-bond donors (Lipinski definition) is 2. The SMILES string of the molecule is COc1ccc(NC(=O)N2CCC[C@@H]2C(=O)NCCC(C)C)cc1. The van der Waals surface area contributed by atoms with Crippen molar-refractivity contribution in [3.63, 3.8) is 0 Å². The van der Waals surface area contributed by atoms with E-state index in [0.29, 0.717) is 31.1 Å². The molecule has 6 heteroatoms. The Bertz CT molecular complexity index is 557. The van der Waals surface area contributed by atoms with Gasteiger partial charge in [-0.25, -0.2) is 4.79 Å². The number of carbonyl (C=O) groups is 2. The lowest BCUT2D eigenvalue weighted by Gasteiger charge is -2.24. The summed E-state index contributed by atoms with van der Waals surface area (Å²) in [6, 6.07) is 6.53. The van der Waals surface area contributed by atoms with Gasteiger partial charge >= 0.3 is 6.03 Å². The molecule has 6 nitrogen and oxygen atoms in total. The van der Waals surface area contributed by atoms with Crippen LogP contribution in [0.4, 0.5) is 10.5 Å². The lowest BCUT2D eigenvalue weighted by atomic mass is 10.1. The number of amides is 3. The maximum Gasteiger partial charge on any atom is 0.322 e. The molecule has 1 aliphatic heterocycles. The molecule has 3 amide bonds. The zero-order valence-corrected chi connectivity index (χ0v) is 14.7. The Balaban J connectivity index is 1.90. The lowest BCUT2D eigenvalue weighted by molar-refractivity contribution is -0.124. The number of carbonyl (C=O) groups excluding carboxylic acids is 2. The zero-order chi connectivity index (χ0) is 17.5. The summed E-state index contributed by atoms with van der Waals surface area (Å²) in [5, 5.41) is 5.79. The smallest absolute Gasteiger partial charge is 0.322 e. The van der Waals surface area contributed by atoms with E-state index in [1.54, 1.807) is 36.3 Å². The van der Waals surface area contributed by atoms with Crippen molar-refractivity contribution in [1.82, 2.24) is 10.2 Å². The van der Waals surface area contributed by atoms with E-state index < -0.39 is 0 Å². The van der Waals surface area contributed by atoms with Crippen molar-refractivity contribution in [2.24, 2.45) is 5.92 Å². The Hall–Kier alpha value is -2.24. The number of hydrogen-bond acceptors (Lipinski definition) is 3. The molecule has 1 heterocycles. The summed E-state index contributed by atoms with van der Waals surface area (Å²) in [4.78, 5) is 26.4. The number of rotatable bonds is 6. The monoisotopic (exact) mass is 333 g/mol. The van der Waals surface area contributed by atoms with Crippen molar-refractivity contribution in [1.29, 1.82) is 0 Å². The highest BCUT2D eigenvalue weighted by molar-refractivity contribution is 5.94. The third-order valence-corrected chi connectivity index (χ3v) is 4.18. The summed E-state index contributed by atoms with van der Waals surface area (Å²) in [6.45, 7) is 5.50. The van der Waals surface area contributed by atoms with Gasteiger partial charge in [-0.1, -0.05) is 13.8 Å². The lowest BCUT2D eigenvalue weighted by Crippen LogP contribution is -2.47. The number of nitrogens with one attached hydrogen (secondary N) is 2. The molecule has 1 aromatic rings. The molecule has 0 aromatic heterocycles. The Labute approximate surface area is 143 Å². The maximum atomic E-state index is 12.5. The number of ether oxygens (including phenoxy) is 1. The topological polar surface area (TPSA) is 70.7 Å². The minimum atomic E-state index is -0.379. The first kappa shape index (κ1) is 18.1. The van der Waals surface area contributed by atoms with E-state index in [4.69, 9.17) is 4.74 Å². The average Bonchev–Trinajstić information content (AvgIpc) is 3.05. The minimum absolute atomic E-state index is 0.0574. The van der Waals surface area contributed by atoms with E-state index >= 15 is 0 Å².